The van der Waals surface area contributed by atoms with Crippen LogP contribution in [0.4, 0.5) is 0 Å². The summed E-state index contributed by atoms with van der Waals surface area (Å²) in [6, 6.07) is 1.45. The molecule has 2 fully saturated rings. The fraction of sp³-hybridized carbons (Fsp3) is 1.00. The molecule has 2 rings (SSSR count). The van der Waals surface area contributed by atoms with Crippen LogP contribution in [0, 0.1) is 17.8 Å². The molecule has 1 heterocycles. The molecule has 3 unspecified atom stereocenters. The second kappa shape index (κ2) is 5.73. The Hall–Kier alpha value is -0.0800. The summed E-state index contributed by atoms with van der Waals surface area (Å²) in [6.07, 6.45) is 4.14. The van der Waals surface area contributed by atoms with E-state index in [1.165, 1.54) is 32.4 Å². The van der Waals surface area contributed by atoms with E-state index in [4.69, 9.17) is 0 Å². The zero-order valence-corrected chi connectivity index (χ0v) is 13.9. The molecule has 2 aliphatic rings. The van der Waals surface area contributed by atoms with E-state index in [0.717, 1.165) is 23.8 Å². The summed E-state index contributed by atoms with van der Waals surface area (Å²) in [7, 11) is 0. The molecule has 1 saturated carbocycles. The Balaban J connectivity index is 2.16. The molecule has 0 aromatic carbocycles. The summed E-state index contributed by atoms with van der Waals surface area (Å²) in [5.74, 6) is 2.42. The van der Waals surface area contributed by atoms with Crippen LogP contribution >= 0.6 is 0 Å². The second-order valence-electron chi connectivity index (χ2n) is 7.78. The smallest absolute Gasteiger partial charge is 0.0309 e. The predicted molar refractivity (Wildman–Crippen MR) is 83.4 cm³/mol. The van der Waals surface area contributed by atoms with Crippen LogP contribution in [-0.2, 0) is 0 Å². The zero-order valence-electron chi connectivity index (χ0n) is 13.9. The van der Waals surface area contributed by atoms with E-state index in [-0.39, 0.29) is 0 Å². The van der Waals surface area contributed by atoms with Crippen LogP contribution in [0.3, 0.4) is 0 Å². The lowest BCUT2D eigenvalue weighted by Crippen LogP contribution is -2.67. The summed E-state index contributed by atoms with van der Waals surface area (Å²) in [6.45, 7) is 16.8. The van der Waals surface area contributed by atoms with Crippen LogP contribution in [0.25, 0.3) is 0 Å². The van der Waals surface area contributed by atoms with Crippen molar-refractivity contribution < 1.29 is 0 Å². The highest BCUT2D eigenvalue weighted by molar-refractivity contribution is 5.05. The molecular weight excluding hydrogens is 232 g/mol. The van der Waals surface area contributed by atoms with Crippen molar-refractivity contribution in [1.82, 2.24) is 10.2 Å². The van der Waals surface area contributed by atoms with Crippen molar-refractivity contribution >= 4 is 0 Å². The van der Waals surface area contributed by atoms with E-state index in [9.17, 15) is 0 Å². The van der Waals surface area contributed by atoms with Crippen molar-refractivity contribution in [2.75, 3.05) is 13.1 Å². The molecule has 19 heavy (non-hydrogen) atoms. The first-order valence-electron chi connectivity index (χ1n) is 8.39. The first-order chi connectivity index (χ1) is 8.89. The summed E-state index contributed by atoms with van der Waals surface area (Å²) >= 11 is 0. The Bertz CT molecular complexity index is 286. The fourth-order valence-corrected chi connectivity index (χ4v) is 4.07. The highest BCUT2D eigenvalue weighted by Gasteiger charge is 2.47. The molecule has 1 N–H and O–H groups in total. The maximum absolute atomic E-state index is 3.90. The second-order valence-corrected chi connectivity index (χ2v) is 7.78. The molecule has 0 radical (unpaired) electrons. The Kier molecular flexibility index (Phi) is 4.62. The Morgan fingerprint density at radius 2 is 1.84 bits per heavy atom. The Morgan fingerprint density at radius 3 is 2.26 bits per heavy atom. The first-order valence-corrected chi connectivity index (χ1v) is 8.39. The molecule has 0 bridgehead atoms. The first kappa shape index (κ1) is 15.3. The third-order valence-electron chi connectivity index (χ3n) is 5.51. The number of nitrogens with one attached hydrogen (secondary N) is 1. The van der Waals surface area contributed by atoms with Gasteiger partial charge in [0.05, 0.1) is 0 Å². The van der Waals surface area contributed by atoms with Gasteiger partial charge in [0.15, 0.2) is 0 Å². The third-order valence-corrected chi connectivity index (χ3v) is 5.51. The van der Waals surface area contributed by atoms with E-state index in [2.05, 4.69) is 51.8 Å². The zero-order chi connectivity index (χ0) is 14.2. The van der Waals surface area contributed by atoms with E-state index in [1.807, 2.05) is 0 Å². The Morgan fingerprint density at radius 1 is 1.21 bits per heavy atom. The number of piperazine rings is 1. The van der Waals surface area contributed by atoms with Crippen molar-refractivity contribution in [2.45, 2.75) is 78.4 Å². The van der Waals surface area contributed by atoms with E-state index >= 15 is 0 Å². The van der Waals surface area contributed by atoms with Crippen molar-refractivity contribution in [3.8, 4) is 0 Å². The number of hydrogen-bond acceptors (Lipinski definition) is 2. The SMILES string of the molecule is CCC(C(C)C)N1CC(C)(C2CC2)NCC1C(C)C. The van der Waals surface area contributed by atoms with Crippen LogP contribution in [0.2, 0.25) is 0 Å². The number of nitrogens with zero attached hydrogens (tertiary/aromatic N) is 1. The van der Waals surface area contributed by atoms with Gasteiger partial charge in [0.2, 0.25) is 0 Å². The Labute approximate surface area is 120 Å². The van der Waals surface area contributed by atoms with E-state index in [1.54, 1.807) is 0 Å². The quantitative estimate of drug-likeness (QED) is 0.819. The predicted octanol–water partition coefficient (Wildman–Crippen LogP) is 3.52. The molecule has 0 amide bonds. The van der Waals surface area contributed by atoms with Crippen LogP contribution in [-0.4, -0.2) is 35.6 Å². The van der Waals surface area contributed by atoms with Crippen molar-refractivity contribution in [1.29, 1.82) is 0 Å². The van der Waals surface area contributed by atoms with Gasteiger partial charge in [-0.2, -0.15) is 0 Å². The molecule has 2 nitrogen and oxygen atoms in total. The molecule has 1 aliphatic heterocycles. The average molecular weight is 266 g/mol. The van der Waals surface area contributed by atoms with Gasteiger partial charge in [0, 0.05) is 30.7 Å². The van der Waals surface area contributed by atoms with Crippen molar-refractivity contribution in [3.05, 3.63) is 0 Å². The topological polar surface area (TPSA) is 15.3 Å². The molecule has 0 aromatic heterocycles. The highest BCUT2D eigenvalue weighted by atomic mass is 15.3. The fourth-order valence-electron chi connectivity index (χ4n) is 4.07. The van der Waals surface area contributed by atoms with Crippen LogP contribution in [0.5, 0.6) is 0 Å². The van der Waals surface area contributed by atoms with Gasteiger partial charge >= 0.3 is 0 Å². The van der Waals surface area contributed by atoms with Gasteiger partial charge < -0.3 is 5.32 Å². The van der Waals surface area contributed by atoms with Gasteiger partial charge in [-0.05, 0) is 43.9 Å². The van der Waals surface area contributed by atoms with Gasteiger partial charge in [0.1, 0.15) is 0 Å². The molecule has 1 saturated heterocycles. The summed E-state index contributed by atoms with van der Waals surface area (Å²) in [5, 5.41) is 3.90. The largest absolute Gasteiger partial charge is 0.308 e. The standard InChI is InChI=1S/C17H34N2/c1-7-15(12(2)3)19-11-17(6,14-8-9-14)18-10-16(19)13(4)5/h12-16,18H,7-11H2,1-6H3. The van der Waals surface area contributed by atoms with E-state index < -0.39 is 0 Å². The van der Waals surface area contributed by atoms with Crippen molar-refractivity contribution in [2.24, 2.45) is 17.8 Å². The number of rotatable bonds is 5. The van der Waals surface area contributed by atoms with Crippen LogP contribution in [0.15, 0.2) is 0 Å². The van der Waals surface area contributed by atoms with Crippen LogP contribution in [0.1, 0.15) is 60.8 Å². The van der Waals surface area contributed by atoms with Crippen molar-refractivity contribution in [3.63, 3.8) is 0 Å². The summed E-state index contributed by atoms with van der Waals surface area (Å²) in [5.41, 5.74) is 0.369. The minimum atomic E-state index is 0.369. The van der Waals surface area contributed by atoms with Gasteiger partial charge in [-0.25, -0.2) is 0 Å². The maximum atomic E-state index is 3.90. The molecular formula is C17H34N2. The lowest BCUT2D eigenvalue weighted by Gasteiger charge is -2.52. The van der Waals surface area contributed by atoms with Gasteiger partial charge in [-0.15, -0.1) is 0 Å². The molecule has 0 aromatic rings. The molecule has 0 spiro atoms. The summed E-state index contributed by atoms with van der Waals surface area (Å²) in [4.78, 5) is 2.85. The minimum absolute atomic E-state index is 0.369. The monoisotopic (exact) mass is 266 g/mol. The highest BCUT2D eigenvalue weighted by Crippen LogP contribution is 2.42. The normalized spacial score (nSPS) is 35.1. The maximum Gasteiger partial charge on any atom is 0.0309 e. The molecule has 2 heteroatoms. The van der Waals surface area contributed by atoms with Gasteiger partial charge in [0.25, 0.3) is 0 Å². The molecule has 3 atom stereocenters. The summed E-state index contributed by atoms with van der Waals surface area (Å²) < 4.78 is 0. The molecule has 1 aliphatic carbocycles. The molecule has 112 valence electrons. The van der Waals surface area contributed by atoms with Gasteiger partial charge in [-0.1, -0.05) is 34.6 Å². The lowest BCUT2D eigenvalue weighted by atomic mass is 9.85. The van der Waals surface area contributed by atoms with Gasteiger partial charge in [-0.3, -0.25) is 4.90 Å². The average Bonchev–Trinajstić information content (AvgIpc) is 3.13. The lowest BCUT2D eigenvalue weighted by molar-refractivity contribution is 0.00163. The third kappa shape index (κ3) is 3.16. The minimum Gasteiger partial charge on any atom is -0.308 e. The van der Waals surface area contributed by atoms with Crippen LogP contribution < -0.4 is 5.32 Å². The number of hydrogen-bond donors (Lipinski definition) is 1. The van der Waals surface area contributed by atoms with E-state index in [0.29, 0.717) is 11.6 Å².